The first-order valence-electron chi connectivity index (χ1n) is 10.4. The number of alkyl halides is 4. The molecule has 0 aliphatic carbocycles. The fourth-order valence-electron chi connectivity index (χ4n) is 3.57. The van der Waals surface area contributed by atoms with Crippen LogP contribution in [0.25, 0.3) is 5.69 Å². The second kappa shape index (κ2) is 9.68. The average molecular weight is 529 g/mol. The van der Waals surface area contributed by atoms with Crippen LogP contribution in [0.3, 0.4) is 0 Å². The predicted molar refractivity (Wildman–Crippen MR) is 112 cm³/mol. The van der Waals surface area contributed by atoms with Gasteiger partial charge in [-0.05, 0) is 47.7 Å². The highest BCUT2D eigenvalue weighted by Crippen LogP contribution is 2.36. The van der Waals surface area contributed by atoms with Crippen molar-refractivity contribution in [3.63, 3.8) is 0 Å². The summed E-state index contributed by atoms with van der Waals surface area (Å²) in [7, 11) is 0. The molecule has 0 saturated carbocycles. The highest BCUT2D eigenvalue weighted by atomic mass is 19.3. The van der Waals surface area contributed by atoms with E-state index in [1.54, 1.807) is 0 Å². The molecule has 0 bridgehead atoms. The Morgan fingerprint density at radius 2 is 1.78 bits per heavy atom. The fourth-order valence-corrected chi connectivity index (χ4v) is 3.57. The van der Waals surface area contributed by atoms with Crippen molar-refractivity contribution in [1.82, 2.24) is 34.6 Å². The third-order valence-electron chi connectivity index (χ3n) is 5.52. The van der Waals surface area contributed by atoms with Crippen molar-refractivity contribution in [2.24, 2.45) is 0 Å². The van der Waals surface area contributed by atoms with Crippen LogP contribution in [0, 0.1) is 11.6 Å². The molecule has 4 rings (SSSR count). The van der Waals surface area contributed by atoms with Crippen molar-refractivity contribution >= 4 is 0 Å². The van der Waals surface area contributed by atoms with Gasteiger partial charge in [0.2, 0.25) is 0 Å². The Balaban J connectivity index is 1.69. The lowest BCUT2D eigenvalue weighted by Gasteiger charge is -2.33. The van der Waals surface area contributed by atoms with Gasteiger partial charge in [-0.15, -0.1) is 0 Å². The van der Waals surface area contributed by atoms with Crippen LogP contribution in [0.4, 0.5) is 26.3 Å². The molecule has 2 aromatic heterocycles. The summed E-state index contributed by atoms with van der Waals surface area (Å²) < 4.78 is 85.8. The molecule has 0 saturated heterocycles. The molecular weight excluding hydrogens is 512 g/mol. The monoisotopic (exact) mass is 529 g/mol. The van der Waals surface area contributed by atoms with E-state index < -0.39 is 53.8 Å². The minimum atomic E-state index is -4.72. The topological polar surface area (TPSA) is 113 Å². The Kier molecular flexibility index (Phi) is 6.77. The molecule has 0 radical (unpaired) electrons. The van der Waals surface area contributed by atoms with E-state index in [2.05, 4.69) is 25.2 Å². The van der Waals surface area contributed by atoms with E-state index in [9.17, 15) is 36.2 Å². The number of rotatable bonds is 9. The van der Waals surface area contributed by atoms with Crippen molar-refractivity contribution in [1.29, 1.82) is 0 Å². The quantitative estimate of drug-likeness (QED) is 0.332. The molecule has 2 aromatic carbocycles. The average Bonchev–Trinajstić information content (AvgIpc) is 3.48. The molecule has 0 unspecified atom stereocenters. The molecular formula is C21H17F6N7O3. The van der Waals surface area contributed by atoms with E-state index in [0.717, 1.165) is 45.8 Å². The van der Waals surface area contributed by atoms with Crippen LogP contribution in [-0.2, 0) is 12.1 Å². The summed E-state index contributed by atoms with van der Waals surface area (Å²) >= 11 is 0. The number of benzene rings is 2. The molecule has 0 amide bonds. The number of ether oxygens (including phenoxy) is 1. The lowest BCUT2D eigenvalue weighted by molar-refractivity contribution is -0.253. The van der Waals surface area contributed by atoms with Gasteiger partial charge in [-0.1, -0.05) is 6.07 Å². The summed E-state index contributed by atoms with van der Waals surface area (Å²) in [6, 6.07) is 5.19. The number of halogens is 6. The van der Waals surface area contributed by atoms with Gasteiger partial charge in [0.15, 0.2) is 0 Å². The van der Waals surface area contributed by atoms with Gasteiger partial charge in [-0.25, -0.2) is 23.2 Å². The van der Waals surface area contributed by atoms with Crippen LogP contribution in [0.1, 0.15) is 18.5 Å². The zero-order valence-corrected chi connectivity index (χ0v) is 18.7. The lowest BCUT2D eigenvalue weighted by atomic mass is 9.86. The third kappa shape index (κ3) is 5.04. The van der Waals surface area contributed by atoms with Gasteiger partial charge in [0, 0.05) is 11.6 Å². The van der Waals surface area contributed by atoms with Crippen molar-refractivity contribution < 1.29 is 36.2 Å². The number of tetrazole rings is 1. The molecule has 0 fully saturated rings. The van der Waals surface area contributed by atoms with Gasteiger partial charge < -0.3 is 9.84 Å². The maximum atomic E-state index is 14.7. The Hall–Kier alpha value is -4.21. The van der Waals surface area contributed by atoms with E-state index in [0.29, 0.717) is 6.07 Å². The van der Waals surface area contributed by atoms with Crippen LogP contribution >= 0.6 is 0 Å². The summed E-state index contributed by atoms with van der Waals surface area (Å²) in [6.07, 6.45) is -6.38. The molecule has 2 atom stereocenters. The third-order valence-corrected chi connectivity index (χ3v) is 5.52. The normalized spacial score (nSPS) is 14.5. The minimum Gasteiger partial charge on any atom is -0.428 e. The molecule has 0 aliphatic rings. The summed E-state index contributed by atoms with van der Waals surface area (Å²) in [5.74, 6) is -2.58. The number of aliphatic hydroxyl groups is 1. The van der Waals surface area contributed by atoms with Crippen LogP contribution in [0.15, 0.2) is 59.9 Å². The van der Waals surface area contributed by atoms with Crippen molar-refractivity contribution in [3.05, 3.63) is 82.8 Å². The molecule has 16 heteroatoms. The maximum Gasteiger partial charge on any atom is 0.461 e. The van der Waals surface area contributed by atoms with E-state index in [4.69, 9.17) is 0 Å². The highest BCUT2D eigenvalue weighted by molar-refractivity contribution is 5.36. The predicted octanol–water partition coefficient (Wildman–Crippen LogP) is 2.68. The first-order chi connectivity index (χ1) is 17.4. The molecule has 1 N–H and O–H groups in total. The standard InChI is InChI=1S/C21H17F6N7O3/c1-12(20(36,9-32-11-28-10-29-32)16-7-2-13(22)8-17(16)23)33-19(35)34(31-30-33)14-3-5-15(6-4-14)37-21(26,27)18(24)25/h2-8,10-12,18,36H,9H2,1H3/t12-,20-/m1/s1. The Morgan fingerprint density at radius 1 is 1.08 bits per heavy atom. The van der Waals surface area contributed by atoms with Crippen molar-refractivity contribution in [2.45, 2.75) is 37.6 Å². The second-order valence-corrected chi connectivity index (χ2v) is 7.89. The molecule has 37 heavy (non-hydrogen) atoms. The summed E-state index contributed by atoms with van der Waals surface area (Å²) in [5.41, 5.74) is -3.52. The van der Waals surface area contributed by atoms with Gasteiger partial charge >= 0.3 is 18.2 Å². The summed E-state index contributed by atoms with van der Waals surface area (Å²) in [5, 5.41) is 22.9. The fraction of sp³-hybridized carbons (Fsp3) is 0.286. The van der Waals surface area contributed by atoms with Crippen LogP contribution in [-0.4, -0.2) is 52.2 Å². The van der Waals surface area contributed by atoms with Gasteiger partial charge in [-0.2, -0.15) is 32.0 Å². The van der Waals surface area contributed by atoms with Crippen molar-refractivity contribution in [2.75, 3.05) is 0 Å². The Morgan fingerprint density at radius 3 is 2.38 bits per heavy atom. The van der Waals surface area contributed by atoms with Gasteiger partial charge in [0.1, 0.15) is 35.6 Å². The van der Waals surface area contributed by atoms with Gasteiger partial charge in [0.25, 0.3) is 0 Å². The van der Waals surface area contributed by atoms with E-state index in [1.807, 2.05) is 0 Å². The Bertz CT molecular complexity index is 1430. The van der Waals surface area contributed by atoms with Crippen molar-refractivity contribution in [3.8, 4) is 11.4 Å². The Labute approximate surface area is 203 Å². The van der Waals surface area contributed by atoms with E-state index in [-0.39, 0.29) is 11.3 Å². The smallest absolute Gasteiger partial charge is 0.428 e. The maximum absolute atomic E-state index is 14.7. The van der Waals surface area contributed by atoms with E-state index >= 15 is 0 Å². The molecule has 196 valence electrons. The van der Waals surface area contributed by atoms with E-state index in [1.165, 1.54) is 24.3 Å². The van der Waals surface area contributed by atoms with Crippen LogP contribution in [0.5, 0.6) is 5.75 Å². The number of nitrogens with zero attached hydrogens (tertiary/aromatic N) is 7. The second-order valence-electron chi connectivity index (χ2n) is 7.89. The zero-order chi connectivity index (χ0) is 27.0. The number of hydrogen-bond donors (Lipinski definition) is 1. The summed E-state index contributed by atoms with van der Waals surface area (Å²) in [6.45, 7) is 0.921. The first kappa shape index (κ1) is 25.9. The van der Waals surface area contributed by atoms with Crippen LogP contribution < -0.4 is 10.4 Å². The summed E-state index contributed by atoms with van der Waals surface area (Å²) in [4.78, 5) is 16.8. The molecule has 0 aliphatic heterocycles. The molecule has 10 nitrogen and oxygen atoms in total. The SMILES string of the molecule is C[C@@H](n1nnn(-c2ccc(OC(F)(F)C(F)F)cc2)c1=O)[C@](O)(Cn1cncn1)c1ccc(F)cc1F. The lowest BCUT2D eigenvalue weighted by Crippen LogP contribution is -2.44. The highest BCUT2D eigenvalue weighted by Gasteiger charge is 2.44. The molecule has 2 heterocycles. The number of hydrogen-bond acceptors (Lipinski definition) is 7. The first-order valence-corrected chi connectivity index (χ1v) is 10.4. The molecule has 0 spiro atoms. The number of aromatic nitrogens is 7. The molecule has 4 aromatic rings. The minimum absolute atomic E-state index is 0.0102. The van der Waals surface area contributed by atoms with Gasteiger partial charge in [-0.3, -0.25) is 0 Å². The van der Waals surface area contributed by atoms with Crippen LogP contribution in [0.2, 0.25) is 0 Å². The largest absolute Gasteiger partial charge is 0.461 e. The van der Waals surface area contributed by atoms with Gasteiger partial charge in [0.05, 0.1) is 18.3 Å². The zero-order valence-electron chi connectivity index (χ0n) is 18.7.